The first-order valence-corrected chi connectivity index (χ1v) is 5.44. The molecule has 1 aromatic heterocycles. The predicted octanol–water partition coefficient (Wildman–Crippen LogP) is 2.11. The molecule has 0 radical (unpaired) electrons. The normalized spacial score (nSPS) is 25.5. The fourth-order valence-corrected chi connectivity index (χ4v) is 2.12. The standard InChI is InChI=1S/C10H14ClN3O/c1-15-8-4-2-3-7(8)13-10-6-12-5-9(11)14-10/h5-8H,2-4H2,1H3,(H,13,14). The SMILES string of the molecule is COC1CCCC1Nc1cncc(Cl)n1. The number of methoxy groups -OCH3 is 1. The van der Waals surface area contributed by atoms with E-state index in [1.807, 2.05) is 0 Å². The molecule has 2 unspecified atom stereocenters. The molecule has 1 aromatic rings. The Kier molecular flexibility index (Phi) is 3.38. The van der Waals surface area contributed by atoms with Crippen molar-refractivity contribution < 1.29 is 4.74 Å². The molecule has 1 aliphatic rings. The number of ether oxygens (including phenoxy) is 1. The van der Waals surface area contributed by atoms with Gasteiger partial charge in [-0.05, 0) is 19.3 Å². The fraction of sp³-hybridized carbons (Fsp3) is 0.600. The molecule has 82 valence electrons. The largest absolute Gasteiger partial charge is 0.379 e. The Morgan fingerprint density at radius 3 is 3.07 bits per heavy atom. The lowest BCUT2D eigenvalue weighted by molar-refractivity contribution is 0.101. The van der Waals surface area contributed by atoms with Crippen LogP contribution < -0.4 is 5.32 Å². The molecule has 0 aromatic carbocycles. The van der Waals surface area contributed by atoms with Gasteiger partial charge in [0.2, 0.25) is 0 Å². The van der Waals surface area contributed by atoms with Crippen LogP contribution in [0, 0.1) is 0 Å². The number of nitrogens with one attached hydrogen (secondary N) is 1. The highest BCUT2D eigenvalue weighted by Gasteiger charge is 2.27. The topological polar surface area (TPSA) is 47.0 Å². The molecule has 0 bridgehead atoms. The van der Waals surface area contributed by atoms with Crippen LogP contribution in [-0.2, 0) is 4.74 Å². The molecule has 1 heterocycles. The van der Waals surface area contributed by atoms with E-state index in [4.69, 9.17) is 16.3 Å². The third-order valence-electron chi connectivity index (χ3n) is 2.69. The number of aromatic nitrogens is 2. The Balaban J connectivity index is 2.02. The van der Waals surface area contributed by atoms with Gasteiger partial charge in [0.15, 0.2) is 0 Å². The summed E-state index contributed by atoms with van der Waals surface area (Å²) in [7, 11) is 1.74. The van der Waals surface area contributed by atoms with E-state index in [1.165, 1.54) is 12.6 Å². The number of hydrogen-bond donors (Lipinski definition) is 1. The van der Waals surface area contributed by atoms with Crippen LogP contribution in [0.25, 0.3) is 0 Å². The zero-order valence-corrected chi connectivity index (χ0v) is 9.37. The van der Waals surface area contributed by atoms with E-state index in [9.17, 15) is 0 Å². The lowest BCUT2D eigenvalue weighted by atomic mass is 10.2. The number of halogens is 1. The average Bonchev–Trinajstić information content (AvgIpc) is 2.65. The Bertz CT molecular complexity index is 334. The molecule has 1 saturated carbocycles. The number of nitrogens with zero attached hydrogens (tertiary/aromatic N) is 2. The summed E-state index contributed by atoms with van der Waals surface area (Å²) in [6.07, 6.45) is 6.86. The van der Waals surface area contributed by atoms with Crippen LogP contribution in [0.5, 0.6) is 0 Å². The molecule has 0 amide bonds. The van der Waals surface area contributed by atoms with Crippen LogP contribution in [0.1, 0.15) is 19.3 Å². The van der Waals surface area contributed by atoms with E-state index < -0.39 is 0 Å². The number of anilines is 1. The molecule has 2 rings (SSSR count). The summed E-state index contributed by atoms with van der Waals surface area (Å²) in [4.78, 5) is 8.12. The molecule has 15 heavy (non-hydrogen) atoms. The highest BCUT2D eigenvalue weighted by molar-refractivity contribution is 6.29. The van der Waals surface area contributed by atoms with E-state index in [-0.39, 0.29) is 6.10 Å². The third kappa shape index (κ3) is 2.58. The minimum Gasteiger partial charge on any atom is -0.379 e. The van der Waals surface area contributed by atoms with Gasteiger partial charge in [0.05, 0.1) is 24.5 Å². The Morgan fingerprint density at radius 2 is 2.33 bits per heavy atom. The Labute approximate surface area is 94.0 Å². The summed E-state index contributed by atoms with van der Waals surface area (Å²) in [5, 5.41) is 3.71. The smallest absolute Gasteiger partial charge is 0.149 e. The zero-order chi connectivity index (χ0) is 10.7. The van der Waals surface area contributed by atoms with E-state index in [0.717, 1.165) is 18.7 Å². The lowest BCUT2D eigenvalue weighted by Crippen LogP contribution is -2.30. The monoisotopic (exact) mass is 227 g/mol. The zero-order valence-electron chi connectivity index (χ0n) is 8.61. The average molecular weight is 228 g/mol. The van der Waals surface area contributed by atoms with Gasteiger partial charge in [-0.25, -0.2) is 4.98 Å². The van der Waals surface area contributed by atoms with E-state index in [1.54, 1.807) is 13.3 Å². The second-order valence-electron chi connectivity index (χ2n) is 3.68. The maximum Gasteiger partial charge on any atom is 0.149 e. The van der Waals surface area contributed by atoms with Gasteiger partial charge >= 0.3 is 0 Å². The van der Waals surface area contributed by atoms with Gasteiger partial charge in [-0.15, -0.1) is 0 Å². The predicted molar refractivity (Wildman–Crippen MR) is 59.1 cm³/mol. The number of hydrogen-bond acceptors (Lipinski definition) is 4. The summed E-state index contributed by atoms with van der Waals surface area (Å²) >= 11 is 5.76. The van der Waals surface area contributed by atoms with Crippen molar-refractivity contribution in [2.75, 3.05) is 12.4 Å². The van der Waals surface area contributed by atoms with Crippen molar-refractivity contribution in [3.05, 3.63) is 17.5 Å². The van der Waals surface area contributed by atoms with Crippen molar-refractivity contribution in [2.45, 2.75) is 31.4 Å². The lowest BCUT2D eigenvalue weighted by Gasteiger charge is -2.19. The highest BCUT2D eigenvalue weighted by atomic mass is 35.5. The van der Waals surface area contributed by atoms with Crippen LogP contribution in [0.15, 0.2) is 12.4 Å². The van der Waals surface area contributed by atoms with Gasteiger partial charge in [-0.3, -0.25) is 4.98 Å². The van der Waals surface area contributed by atoms with Crippen molar-refractivity contribution in [1.29, 1.82) is 0 Å². The summed E-state index contributed by atoms with van der Waals surface area (Å²) in [5.41, 5.74) is 0. The van der Waals surface area contributed by atoms with Crippen LogP contribution >= 0.6 is 11.6 Å². The summed E-state index contributed by atoms with van der Waals surface area (Å²) < 4.78 is 5.38. The molecule has 5 heteroatoms. The van der Waals surface area contributed by atoms with Crippen molar-refractivity contribution in [1.82, 2.24) is 9.97 Å². The molecule has 0 aliphatic heterocycles. The summed E-state index contributed by atoms with van der Waals surface area (Å²) in [5.74, 6) is 0.719. The minimum absolute atomic E-state index is 0.269. The summed E-state index contributed by atoms with van der Waals surface area (Å²) in [6.45, 7) is 0. The molecular formula is C10H14ClN3O. The maximum atomic E-state index is 5.76. The molecule has 4 nitrogen and oxygen atoms in total. The first kappa shape index (κ1) is 10.6. The van der Waals surface area contributed by atoms with Crippen LogP contribution in [0.4, 0.5) is 5.82 Å². The molecule has 1 N–H and O–H groups in total. The van der Waals surface area contributed by atoms with Crippen molar-refractivity contribution >= 4 is 17.4 Å². The van der Waals surface area contributed by atoms with E-state index in [0.29, 0.717) is 11.2 Å². The van der Waals surface area contributed by atoms with Gasteiger partial charge < -0.3 is 10.1 Å². The quantitative estimate of drug-likeness (QED) is 0.859. The Hall–Kier alpha value is -0.870. The van der Waals surface area contributed by atoms with E-state index in [2.05, 4.69) is 15.3 Å². The molecule has 1 aliphatic carbocycles. The maximum absolute atomic E-state index is 5.76. The second-order valence-corrected chi connectivity index (χ2v) is 4.07. The van der Waals surface area contributed by atoms with Crippen molar-refractivity contribution in [3.8, 4) is 0 Å². The minimum atomic E-state index is 0.269. The van der Waals surface area contributed by atoms with Crippen LogP contribution in [-0.4, -0.2) is 29.2 Å². The fourth-order valence-electron chi connectivity index (χ4n) is 1.97. The van der Waals surface area contributed by atoms with Crippen LogP contribution in [0.3, 0.4) is 0 Å². The molecule has 1 fully saturated rings. The molecular weight excluding hydrogens is 214 g/mol. The number of rotatable bonds is 3. The van der Waals surface area contributed by atoms with Crippen molar-refractivity contribution in [2.24, 2.45) is 0 Å². The van der Waals surface area contributed by atoms with Gasteiger partial charge in [-0.1, -0.05) is 11.6 Å². The molecule has 0 saturated heterocycles. The van der Waals surface area contributed by atoms with Gasteiger partial charge in [0.1, 0.15) is 11.0 Å². The highest BCUT2D eigenvalue weighted by Crippen LogP contribution is 2.24. The van der Waals surface area contributed by atoms with E-state index >= 15 is 0 Å². The van der Waals surface area contributed by atoms with Gasteiger partial charge in [-0.2, -0.15) is 0 Å². The molecule has 0 spiro atoms. The third-order valence-corrected chi connectivity index (χ3v) is 2.88. The van der Waals surface area contributed by atoms with Crippen LogP contribution in [0.2, 0.25) is 5.15 Å². The molecule has 2 atom stereocenters. The van der Waals surface area contributed by atoms with Gasteiger partial charge in [0, 0.05) is 7.11 Å². The second kappa shape index (κ2) is 4.77. The van der Waals surface area contributed by atoms with Crippen molar-refractivity contribution in [3.63, 3.8) is 0 Å². The van der Waals surface area contributed by atoms with Gasteiger partial charge in [0.25, 0.3) is 0 Å². The summed E-state index contributed by atoms with van der Waals surface area (Å²) in [6, 6.07) is 0.322. The first-order valence-electron chi connectivity index (χ1n) is 5.06. The first-order chi connectivity index (χ1) is 7.29. The Morgan fingerprint density at radius 1 is 1.47 bits per heavy atom.